The van der Waals surface area contributed by atoms with Crippen molar-refractivity contribution in [3.05, 3.63) is 12.2 Å². The van der Waals surface area contributed by atoms with E-state index in [-0.39, 0.29) is 12.4 Å². The molecule has 0 bridgehead atoms. The summed E-state index contributed by atoms with van der Waals surface area (Å²) in [5, 5.41) is 3.66. The number of carbonyl (C=O) groups excluding carboxylic acids is 2. The topological polar surface area (TPSA) is 74.1 Å². The minimum atomic E-state index is -0.904. The molecule has 1 aromatic heterocycles. The number of ketones is 1. The van der Waals surface area contributed by atoms with E-state index in [2.05, 4.69) is 14.8 Å². The van der Waals surface area contributed by atoms with Gasteiger partial charge in [-0.2, -0.15) is 5.10 Å². The molecule has 0 fully saturated rings. The second kappa shape index (κ2) is 3.79. The van der Waals surface area contributed by atoms with Crippen LogP contribution in [-0.2, 0) is 16.6 Å². The maximum atomic E-state index is 11.2. The third kappa shape index (κ3) is 1.90. The predicted octanol–water partition coefficient (Wildman–Crippen LogP) is -0.439. The van der Waals surface area contributed by atoms with Crippen LogP contribution in [0.25, 0.3) is 0 Å². The van der Waals surface area contributed by atoms with Gasteiger partial charge in [0.2, 0.25) is 5.82 Å². The number of ether oxygens (including phenoxy) is 1. The molecule has 0 radical (unpaired) electrons. The number of rotatable bonds is 3. The maximum absolute atomic E-state index is 11.2. The van der Waals surface area contributed by atoms with Crippen LogP contribution in [0.4, 0.5) is 0 Å². The smallest absolute Gasteiger partial charge is 0.383 e. The van der Waals surface area contributed by atoms with E-state index in [1.807, 2.05) is 0 Å². The maximum Gasteiger partial charge on any atom is 0.383 e. The molecule has 0 unspecified atom stereocenters. The first-order valence-electron chi connectivity index (χ1n) is 3.72. The lowest BCUT2D eigenvalue weighted by atomic mass is 10.4. The molecule has 1 heterocycles. The van der Waals surface area contributed by atoms with Gasteiger partial charge in [-0.3, -0.25) is 4.79 Å². The van der Waals surface area contributed by atoms with Crippen molar-refractivity contribution in [2.45, 2.75) is 6.92 Å². The van der Waals surface area contributed by atoms with Crippen molar-refractivity contribution in [3.63, 3.8) is 0 Å². The Hall–Kier alpha value is -1.72. The van der Waals surface area contributed by atoms with Gasteiger partial charge in [-0.15, -0.1) is 0 Å². The molecule has 0 aliphatic heterocycles. The third-order valence-electron chi connectivity index (χ3n) is 1.38. The van der Waals surface area contributed by atoms with E-state index in [1.165, 1.54) is 18.1 Å². The highest BCUT2D eigenvalue weighted by molar-refractivity contribution is 6.39. The van der Waals surface area contributed by atoms with Gasteiger partial charge in [0.1, 0.15) is 6.33 Å². The molecule has 0 N–H and O–H groups in total. The number of aromatic nitrogens is 3. The quantitative estimate of drug-likeness (QED) is 0.361. The lowest BCUT2D eigenvalue weighted by molar-refractivity contribution is -0.137. The fraction of sp³-hybridized carbons (Fsp3) is 0.429. The summed E-state index contributed by atoms with van der Waals surface area (Å²) in [6.07, 6.45) is 1.20. The monoisotopic (exact) mass is 183 g/mol. The Morgan fingerprint density at radius 1 is 1.62 bits per heavy atom. The number of hydrogen-bond acceptors (Lipinski definition) is 5. The van der Waals surface area contributed by atoms with Crippen molar-refractivity contribution < 1.29 is 14.3 Å². The molecule has 0 amide bonds. The van der Waals surface area contributed by atoms with Gasteiger partial charge >= 0.3 is 11.8 Å². The molecule has 70 valence electrons. The normalized spacial score (nSPS) is 9.69. The number of aryl methyl sites for hydroxylation is 1. The van der Waals surface area contributed by atoms with Gasteiger partial charge in [0.05, 0.1) is 6.61 Å². The van der Waals surface area contributed by atoms with E-state index in [0.29, 0.717) is 0 Å². The zero-order chi connectivity index (χ0) is 9.84. The number of nitrogens with zero attached hydrogens (tertiary/aromatic N) is 3. The minimum Gasteiger partial charge on any atom is -0.460 e. The first kappa shape index (κ1) is 9.37. The van der Waals surface area contributed by atoms with Crippen molar-refractivity contribution in [1.29, 1.82) is 0 Å². The molecular weight excluding hydrogens is 174 g/mol. The molecule has 1 rings (SSSR count). The summed E-state index contributed by atoms with van der Waals surface area (Å²) in [6, 6.07) is 0. The van der Waals surface area contributed by atoms with E-state index in [9.17, 15) is 9.59 Å². The first-order valence-corrected chi connectivity index (χ1v) is 3.72. The van der Waals surface area contributed by atoms with Gasteiger partial charge in [-0.05, 0) is 6.92 Å². The van der Waals surface area contributed by atoms with Crippen molar-refractivity contribution >= 4 is 11.8 Å². The highest BCUT2D eigenvalue weighted by atomic mass is 16.5. The van der Waals surface area contributed by atoms with Crippen LogP contribution >= 0.6 is 0 Å². The second-order valence-electron chi connectivity index (χ2n) is 2.26. The largest absolute Gasteiger partial charge is 0.460 e. The van der Waals surface area contributed by atoms with Crippen LogP contribution in [0.5, 0.6) is 0 Å². The van der Waals surface area contributed by atoms with Crippen LogP contribution in [0.2, 0.25) is 0 Å². The number of carbonyl (C=O) groups is 2. The molecule has 0 aromatic carbocycles. The van der Waals surface area contributed by atoms with Crippen molar-refractivity contribution in [3.8, 4) is 0 Å². The fourth-order valence-corrected chi connectivity index (χ4v) is 0.790. The summed E-state index contributed by atoms with van der Waals surface area (Å²) in [6.45, 7) is 1.80. The van der Waals surface area contributed by atoms with Crippen LogP contribution in [0, 0.1) is 0 Å². The van der Waals surface area contributed by atoms with Gasteiger partial charge in [-0.25, -0.2) is 14.5 Å². The molecule has 6 nitrogen and oxygen atoms in total. The Kier molecular flexibility index (Phi) is 2.73. The highest BCUT2D eigenvalue weighted by Gasteiger charge is 2.21. The average molecular weight is 183 g/mol. The van der Waals surface area contributed by atoms with Crippen LogP contribution < -0.4 is 0 Å². The summed E-state index contributed by atoms with van der Waals surface area (Å²) in [5.74, 6) is -1.70. The average Bonchev–Trinajstić information content (AvgIpc) is 2.50. The third-order valence-corrected chi connectivity index (χ3v) is 1.38. The summed E-state index contributed by atoms with van der Waals surface area (Å²) >= 11 is 0. The standard InChI is InChI=1S/C7H9N3O3/c1-3-13-7(12)5(11)6-8-4-9-10(6)2/h4H,3H2,1-2H3. The molecule has 6 heteroatoms. The van der Waals surface area contributed by atoms with E-state index < -0.39 is 11.8 Å². The summed E-state index contributed by atoms with van der Waals surface area (Å²) in [4.78, 5) is 25.8. The number of Topliss-reactive ketones (excluding diaryl/α,β-unsaturated/α-hetero) is 1. The molecule has 0 aliphatic carbocycles. The Labute approximate surface area is 74.5 Å². The van der Waals surface area contributed by atoms with Gasteiger partial charge in [0, 0.05) is 7.05 Å². The molecule has 0 spiro atoms. The molecular formula is C7H9N3O3. The summed E-state index contributed by atoms with van der Waals surface area (Å²) in [5.41, 5.74) is 0. The SMILES string of the molecule is CCOC(=O)C(=O)c1ncnn1C. The minimum absolute atomic E-state index is 0.0153. The molecule has 1 aromatic rings. The summed E-state index contributed by atoms with van der Waals surface area (Å²) in [7, 11) is 1.53. The Morgan fingerprint density at radius 2 is 2.31 bits per heavy atom. The van der Waals surface area contributed by atoms with Gasteiger partial charge in [0.15, 0.2) is 0 Å². The molecule has 0 atom stereocenters. The Balaban J connectivity index is 2.80. The predicted molar refractivity (Wildman–Crippen MR) is 42.0 cm³/mol. The van der Waals surface area contributed by atoms with Crippen molar-refractivity contribution in [1.82, 2.24) is 14.8 Å². The molecule has 0 saturated carbocycles. The van der Waals surface area contributed by atoms with Crippen molar-refractivity contribution in [2.24, 2.45) is 7.05 Å². The van der Waals surface area contributed by atoms with E-state index in [0.717, 1.165) is 0 Å². The second-order valence-corrected chi connectivity index (χ2v) is 2.26. The van der Waals surface area contributed by atoms with Gasteiger partial charge in [0.25, 0.3) is 0 Å². The zero-order valence-corrected chi connectivity index (χ0v) is 7.35. The Bertz CT molecular complexity index is 331. The van der Waals surface area contributed by atoms with E-state index >= 15 is 0 Å². The number of esters is 1. The lowest BCUT2D eigenvalue weighted by Gasteiger charge is -1.98. The molecule has 13 heavy (non-hydrogen) atoms. The summed E-state index contributed by atoms with van der Waals surface area (Å²) < 4.78 is 5.73. The number of hydrogen-bond donors (Lipinski definition) is 0. The fourth-order valence-electron chi connectivity index (χ4n) is 0.790. The van der Waals surface area contributed by atoms with E-state index in [4.69, 9.17) is 0 Å². The first-order chi connectivity index (χ1) is 6.16. The lowest BCUT2D eigenvalue weighted by Crippen LogP contribution is -2.21. The van der Waals surface area contributed by atoms with E-state index in [1.54, 1.807) is 6.92 Å². The van der Waals surface area contributed by atoms with Crippen LogP contribution in [0.1, 0.15) is 17.5 Å². The van der Waals surface area contributed by atoms with Crippen LogP contribution in [-0.4, -0.2) is 33.1 Å². The molecule has 0 aliphatic rings. The van der Waals surface area contributed by atoms with Gasteiger partial charge < -0.3 is 4.74 Å². The zero-order valence-electron chi connectivity index (χ0n) is 7.35. The van der Waals surface area contributed by atoms with Crippen LogP contribution in [0.15, 0.2) is 6.33 Å². The Morgan fingerprint density at radius 3 is 2.77 bits per heavy atom. The highest BCUT2D eigenvalue weighted by Crippen LogP contribution is 1.95. The van der Waals surface area contributed by atoms with Gasteiger partial charge in [-0.1, -0.05) is 0 Å². The molecule has 0 saturated heterocycles. The van der Waals surface area contributed by atoms with Crippen molar-refractivity contribution in [2.75, 3.05) is 6.61 Å². The van der Waals surface area contributed by atoms with Crippen LogP contribution in [0.3, 0.4) is 0 Å².